The number of benzene rings is 8. The molecule has 5 heterocycles. The van der Waals surface area contributed by atoms with Gasteiger partial charge >= 0.3 is 6.03 Å². The van der Waals surface area contributed by atoms with E-state index in [2.05, 4.69) is 34.7 Å². The van der Waals surface area contributed by atoms with Crippen molar-refractivity contribution in [3.63, 3.8) is 0 Å². The maximum Gasteiger partial charge on any atom is 0.338 e. The molecule has 4 nitrogen and oxygen atoms in total. The molecule has 2 aromatic heterocycles. The van der Waals surface area contributed by atoms with Gasteiger partial charge in [-0.05, 0) is 51.5 Å². The van der Waals surface area contributed by atoms with Crippen molar-refractivity contribution in [1.29, 1.82) is 0 Å². The summed E-state index contributed by atoms with van der Waals surface area (Å²) in [5.74, 6) is -10.1. The first kappa shape index (κ1) is 32.0. The smallest absolute Gasteiger partial charge is 0.308 e. The molecule has 58 heavy (non-hydrogen) atoms. The van der Waals surface area contributed by atoms with Gasteiger partial charge < -0.3 is 4.40 Å². The van der Waals surface area contributed by atoms with Crippen LogP contribution in [0.1, 0.15) is 0 Å². The van der Waals surface area contributed by atoms with E-state index in [1.807, 2.05) is 78.9 Å². The standard InChI is InChI=1S/C47H22B2F5N3O/c50-39-38(40(51)42(53)43(54)41(39)52)49-28-17-7-11-21-33(28)56-44-29(49)22-26-24-14-4-8-18-30(24)55-31-19-9-5-15-25(31)35-37-46(36(44)34(26)45(35)55)57(47(56)58)32-20-10-6-16-27(32)48(37)23-12-2-1-3-13-23/h1-22H. The van der Waals surface area contributed by atoms with Gasteiger partial charge in [0.15, 0.2) is 29.1 Å². The number of hydrogen-bond donors (Lipinski definition) is 0. The molecule has 0 spiro atoms. The Balaban J connectivity index is 1.34. The molecule has 0 bridgehead atoms. The van der Waals surface area contributed by atoms with Gasteiger partial charge in [-0.1, -0.05) is 115 Å². The number of pyridine rings is 1. The molecule has 8 aromatic carbocycles. The second-order valence-corrected chi connectivity index (χ2v) is 15.3. The van der Waals surface area contributed by atoms with Gasteiger partial charge in [-0.2, -0.15) is 0 Å². The highest BCUT2D eigenvalue weighted by atomic mass is 19.2. The monoisotopic (exact) mass is 761 g/mol. The van der Waals surface area contributed by atoms with Gasteiger partial charge in [0.1, 0.15) is 0 Å². The van der Waals surface area contributed by atoms with Crippen molar-refractivity contribution in [3.05, 3.63) is 163 Å². The van der Waals surface area contributed by atoms with Crippen molar-refractivity contribution in [2.24, 2.45) is 0 Å². The molecule has 3 aliphatic heterocycles. The third-order valence-corrected chi connectivity index (χ3v) is 12.7. The van der Waals surface area contributed by atoms with Crippen LogP contribution in [0, 0.1) is 29.1 Å². The molecule has 0 unspecified atom stereocenters. The Bertz CT molecular complexity index is 3510. The van der Waals surface area contributed by atoms with Gasteiger partial charge in [0.25, 0.3) is 6.71 Å². The Morgan fingerprint density at radius 3 is 1.66 bits per heavy atom. The highest BCUT2D eigenvalue weighted by molar-refractivity contribution is 7.01. The normalized spacial score (nSPS) is 14.2. The number of amides is 2. The lowest BCUT2D eigenvalue weighted by Gasteiger charge is -2.47. The summed E-state index contributed by atoms with van der Waals surface area (Å²) in [6.45, 7) is -1.83. The third kappa shape index (κ3) is 3.58. The second-order valence-electron chi connectivity index (χ2n) is 15.3. The molecule has 0 fully saturated rings. The molecular weight excluding hydrogens is 739 g/mol. The maximum atomic E-state index is 16.3. The minimum Gasteiger partial charge on any atom is -0.308 e. The van der Waals surface area contributed by atoms with E-state index in [9.17, 15) is 4.39 Å². The number of carbonyl (C=O) groups is 1. The minimum atomic E-state index is -2.23. The molecule has 0 radical (unpaired) electrons. The van der Waals surface area contributed by atoms with E-state index in [0.717, 1.165) is 59.9 Å². The van der Waals surface area contributed by atoms with Gasteiger partial charge in [0.05, 0.1) is 27.9 Å². The molecule has 2 amide bonds. The van der Waals surface area contributed by atoms with Crippen LogP contribution in [-0.2, 0) is 0 Å². The van der Waals surface area contributed by atoms with E-state index in [-0.39, 0.29) is 23.3 Å². The van der Waals surface area contributed by atoms with Crippen LogP contribution in [0.5, 0.6) is 0 Å². The lowest BCUT2D eigenvalue weighted by molar-refractivity contribution is 0.255. The summed E-state index contributed by atoms with van der Waals surface area (Å²) in [5, 5.41) is 4.99. The zero-order valence-electron chi connectivity index (χ0n) is 30.0. The highest BCUT2D eigenvalue weighted by Crippen LogP contribution is 2.53. The fourth-order valence-electron chi connectivity index (χ4n) is 10.6. The van der Waals surface area contributed by atoms with E-state index in [1.165, 1.54) is 0 Å². The summed E-state index contributed by atoms with van der Waals surface area (Å²) >= 11 is 0. The van der Waals surface area contributed by atoms with Crippen LogP contribution in [0.4, 0.5) is 49.5 Å². The molecule has 0 atom stereocenters. The summed E-state index contributed by atoms with van der Waals surface area (Å²) in [6, 6.07) is 42.1. The number of urea groups is 1. The predicted octanol–water partition coefficient (Wildman–Crippen LogP) is 7.75. The van der Waals surface area contributed by atoms with Crippen molar-refractivity contribution in [3.8, 4) is 0 Å². The first-order valence-electron chi connectivity index (χ1n) is 18.9. The van der Waals surface area contributed by atoms with E-state index in [1.54, 1.807) is 34.1 Å². The molecule has 0 saturated heterocycles. The van der Waals surface area contributed by atoms with Crippen LogP contribution in [0.15, 0.2) is 133 Å². The number of aromatic nitrogens is 1. The highest BCUT2D eigenvalue weighted by Gasteiger charge is 2.51. The summed E-state index contributed by atoms with van der Waals surface area (Å²) < 4.78 is 80.1. The average molecular weight is 761 g/mol. The number of para-hydroxylation sites is 4. The lowest BCUT2D eigenvalue weighted by Crippen LogP contribution is -2.65. The number of hydrogen-bond acceptors (Lipinski definition) is 1. The van der Waals surface area contributed by atoms with Crippen molar-refractivity contribution in [2.45, 2.75) is 0 Å². The van der Waals surface area contributed by atoms with Crippen LogP contribution < -0.4 is 42.6 Å². The fraction of sp³-hybridized carbons (Fsp3) is 0. The van der Waals surface area contributed by atoms with Crippen molar-refractivity contribution >= 4 is 124 Å². The largest absolute Gasteiger partial charge is 0.338 e. The van der Waals surface area contributed by atoms with Gasteiger partial charge in [-0.15, -0.1) is 0 Å². The number of halogens is 5. The summed E-state index contributed by atoms with van der Waals surface area (Å²) in [4.78, 5) is 19.0. The van der Waals surface area contributed by atoms with Crippen LogP contribution in [0.2, 0.25) is 0 Å². The van der Waals surface area contributed by atoms with E-state index < -0.39 is 47.3 Å². The Morgan fingerprint density at radius 2 is 0.966 bits per heavy atom. The summed E-state index contributed by atoms with van der Waals surface area (Å²) in [6.07, 6.45) is 0. The predicted molar refractivity (Wildman–Crippen MR) is 223 cm³/mol. The number of carbonyl (C=O) groups excluding carboxylic acids is 1. The maximum absolute atomic E-state index is 16.3. The van der Waals surface area contributed by atoms with Gasteiger partial charge in [0, 0.05) is 43.8 Å². The zero-order chi connectivity index (χ0) is 38.9. The van der Waals surface area contributed by atoms with E-state index >= 15 is 22.4 Å². The molecule has 11 heteroatoms. The lowest BCUT2D eigenvalue weighted by atomic mass is 9.33. The summed E-state index contributed by atoms with van der Waals surface area (Å²) in [7, 11) is 0. The number of anilines is 4. The molecule has 13 rings (SSSR count). The first-order chi connectivity index (χ1) is 28.4. The molecule has 272 valence electrons. The van der Waals surface area contributed by atoms with Crippen LogP contribution >= 0.6 is 0 Å². The molecular formula is C47H22B2F5N3O. The van der Waals surface area contributed by atoms with E-state index in [0.29, 0.717) is 22.4 Å². The number of fused-ring (bicyclic) bond motifs is 11. The quantitative estimate of drug-likeness (QED) is 0.0443. The number of nitrogens with zero attached hydrogens (tertiary/aromatic N) is 3. The van der Waals surface area contributed by atoms with Crippen molar-refractivity contribution in [1.82, 2.24) is 4.40 Å². The van der Waals surface area contributed by atoms with Crippen LogP contribution in [0.25, 0.3) is 48.9 Å². The third-order valence-electron chi connectivity index (χ3n) is 12.7. The Morgan fingerprint density at radius 1 is 0.431 bits per heavy atom. The van der Waals surface area contributed by atoms with Crippen molar-refractivity contribution < 1.29 is 26.7 Å². The molecule has 0 saturated carbocycles. The van der Waals surface area contributed by atoms with Crippen LogP contribution in [-0.4, -0.2) is 23.9 Å². The van der Waals surface area contributed by atoms with Gasteiger partial charge in [-0.25, -0.2) is 26.7 Å². The topological polar surface area (TPSA) is 28.0 Å². The number of rotatable bonds is 2. The average Bonchev–Trinajstić information content (AvgIpc) is 3.62. The van der Waals surface area contributed by atoms with Gasteiger partial charge in [0.2, 0.25) is 6.71 Å². The molecule has 3 aliphatic rings. The molecule has 10 aromatic rings. The van der Waals surface area contributed by atoms with Gasteiger partial charge in [-0.3, -0.25) is 9.80 Å². The first-order valence-corrected chi connectivity index (χ1v) is 18.9. The van der Waals surface area contributed by atoms with Crippen molar-refractivity contribution in [2.75, 3.05) is 9.80 Å². The fourth-order valence-corrected chi connectivity index (χ4v) is 10.6. The summed E-state index contributed by atoms with van der Waals surface area (Å²) in [5.41, 5.74) is 7.05. The minimum absolute atomic E-state index is 0.230. The Labute approximate surface area is 326 Å². The van der Waals surface area contributed by atoms with E-state index in [4.69, 9.17) is 0 Å². The zero-order valence-corrected chi connectivity index (χ0v) is 30.0. The molecule has 0 aliphatic carbocycles. The SMILES string of the molecule is O=C1N2c3ccccc3B(c3c(F)c(F)c(F)c(F)c3F)c3cc4c5ccccc5n5c6ccccc6c6c7c(c(c32)c4c65)N1c1ccccc1B7c1ccccc1. The Kier molecular flexibility index (Phi) is 5.98. The Hall–Kier alpha value is -7.13. The second kappa shape index (κ2) is 10.8. The van der Waals surface area contributed by atoms with Crippen LogP contribution in [0.3, 0.4) is 0 Å². The molecule has 0 N–H and O–H groups in total.